The smallest absolute Gasteiger partial charge is 0.223 e. The van der Waals surface area contributed by atoms with Crippen LogP contribution in [0.15, 0.2) is 24.3 Å². The van der Waals surface area contributed by atoms with Gasteiger partial charge < -0.3 is 10.6 Å². The number of aromatic nitrogens is 1. The van der Waals surface area contributed by atoms with Gasteiger partial charge in [0.05, 0.1) is 15.2 Å². The molecule has 0 bridgehead atoms. The summed E-state index contributed by atoms with van der Waals surface area (Å²) in [5, 5.41) is 7.52. The van der Waals surface area contributed by atoms with E-state index in [2.05, 4.69) is 28.6 Å². The minimum absolute atomic E-state index is 0.132. The second-order valence-corrected chi connectivity index (χ2v) is 6.83. The van der Waals surface area contributed by atoms with Crippen molar-refractivity contribution in [2.75, 3.05) is 13.1 Å². The highest BCUT2D eigenvalue weighted by molar-refractivity contribution is 7.18. The van der Waals surface area contributed by atoms with Gasteiger partial charge in [-0.15, -0.1) is 11.3 Å². The molecule has 112 valence electrons. The lowest BCUT2D eigenvalue weighted by Gasteiger charge is -2.23. The fourth-order valence-electron chi connectivity index (χ4n) is 2.77. The standard InChI is InChI=1S/C16H21N3OS/c1-11(18-16(20)12-6-8-17-9-7-12)10-15-19-13-4-2-3-5-14(13)21-15/h2-5,11-12,17H,6-10H2,1H3,(H,18,20). The lowest BCUT2D eigenvalue weighted by atomic mass is 9.97. The third kappa shape index (κ3) is 3.60. The van der Waals surface area contributed by atoms with E-state index in [-0.39, 0.29) is 17.9 Å². The largest absolute Gasteiger partial charge is 0.353 e. The summed E-state index contributed by atoms with van der Waals surface area (Å²) in [7, 11) is 0. The maximum absolute atomic E-state index is 12.2. The quantitative estimate of drug-likeness (QED) is 0.911. The Labute approximate surface area is 129 Å². The van der Waals surface area contributed by atoms with Crippen LogP contribution in [-0.4, -0.2) is 30.0 Å². The van der Waals surface area contributed by atoms with Crippen molar-refractivity contribution >= 4 is 27.5 Å². The number of fused-ring (bicyclic) bond motifs is 1. The zero-order valence-electron chi connectivity index (χ0n) is 12.3. The molecule has 2 aromatic rings. The highest BCUT2D eigenvalue weighted by Gasteiger charge is 2.22. The zero-order chi connectivity index (χ0) is 14.7. The molecule has 1 amide bonds. The van der Waals surface area contributed by atoms with E-state index in [1.807, 2.05) is 18.2 Å². The number of amides is 1. The molecule has 2 heterocycles. The molecular formula is C16H21N3OS. The van der Waals surface area contributed by atoms with Gasteiger partial charge in [0.2, 0.25) is 5.91 Å². The van der Waals surface area contributed by atoms with Gasteiger partial charge in [0.25, 0.3) is 0 Å². The van der Waals surface area contributed by atoms with Crippen LogP contribution in [0.5, 0.6) is 0 Å². The number of piperidine rings is 1. The molecular weight excluding hydrogens is 282 g/mol. The van der Waals surface area contributed by atoms with Gasteiger partial charge in [-0.1, -0.05) is 12.1 Å². The van der Waals surface area contributed by atoms with Crippen molar-refractivity contribution in [3.05, 3.63) is 29.3 Å². The number of carbonyl (C=O) groups is 1. The number of thiazole rings is 1. The van der Waals surface area contributed by atoms with Crippen LogP contribution in [-0.2, 0) is 11.2 Å². The Kier molecular flexibility index (Phi) is 4.51. The van der Waals surface area contributed by atoms with Gasteiger partial charge in [0, 0.05) is 18.4 Å². The van der Waals surface area contributed by atoms with Gasteiger partial charge in [0.15, 0.2) is 0 Å². The van der Waals surface area contributed by atoms with E-state index in [4.69, 9.17) is 0 Å². The van der Waals surface area contributed by atoms with E-state index >= 15 is 0 Å². The minimum Gasteiger partial charge on any atom is -0.353 e. The van der Waals surface area contributed by atoms with E-state index < -0.39 is 0 Å². The normalized spacial score (nSPS) is 17.8. The van der Waals surface area contributed by atoms with Crippen molar-refractivity contribution in [1.82, 2.24) is 15.6 Å². The first-order chi connectivity index (χ1) is 10.2. The number of nitrogens with zero attached hydrogens (tertiary/aromatic N) is 1. The van der Waals surface area contributed by atoms with Crippen LogP contribution in [0.4, 0.5) is 0 Å². The summed E-state index contributed by atoms with van der Waals surface area (Å²) >= 11 is 1.72. The average Bonchev–Trinajstić information content (AvgIpc) is 2.90. The monoisotopic (exact) mass is 303 g/mol. The Hall–Kier alpha value is -1.46. The van der Waals surface area contributed by atoms with Crippen LogP contribution in [0.25, 0.3) is 10.2 Å². The number of hydrogen-bond donors (Lipinski definition) is 2. The van der Waals surface area contributed by atoms with Gasteiger partial charge in [-0.3, -0.25) is 4.79 Å². The fourth-order valence-corrected chi connectivity index (χ4v) is 3.86. The van der Waals surface area contributed by atoms with Crippen LogP contribution in [0.1, 0.15) is 24.8 Å². The topological polar surface area (TPSA) is 54.0 Å². The molecule has 1 aliphatic rings. The average molecular weight is 303 g/mol. The highest BCUT2D eigenvalue weighted by atomic mass is 32.1. The van der Waals surface area contributed by atoms with Gasteiger partial charge in [-0.25, -0.2) is 4.98 Å². The highest BCUT2D eigenvalue weighted by Crippen LogP contribution is 2.22. The van der Waals surface area contributed by atoms with E-state index in [0.717, 1.165) is 42.9 Å². The minimum atomic E-state index is 0.132. The predicted molar refractivity (Wildman–Crippen MR) is 86.5 cm³/mol. The first-order valence-corrected chi connectivity index (χ1v) is 8.39. The summed E-state index contributed by atoms with van der Waals surface area (Å²) < 4.78 is 1.21. The van der Waals surface area contributed by atoms with E-state index in [9.17, 15) is 4.79 Å². The number of para-hydroxylation sites is 1. The molecule has 4 nitrogen and oxygen atoms in total. The molecule has 1 fully saturated rings. The summed E-state index contributed by atoms with van der Waals surface area (Å²) in [6.45, 7) is 3.96. The summed E-state index contributed by atoms with van der Waals surface area (Å²) in [6.07, 6.45) is 2.69. The Morgan fingerprint density at radius 1 is 1.43 bits per heavy atom. The van der Waals surface area contributed by atoms with Crippen LogP contribution in [0.2, 0.25) is 0 Å². The number of benzene rings is 1. The SMILES string of the molecule is CC(Cc1nc2ccccc2s1)NC(=O)C1CCNCC1. The number of rotatable bonds is 4. The summed E-state index contributed by atoms with van der Waals surface area (Å²) in [5.41, 5.74) is 1.05. The van der Waals surface area contributed by atoms with Crippen molar-refractivity contribution in [3.8, 4) is 0 Å². The molecule has 3 rings (SSSR count). The van der Waals surface area contributed by atoms with Gasteiger partial charge in [-0.05, 0) is 45.0 Å². The number of nitrogens with one attached hydrogen (secondary N) is 2. The third-order valence-corrected chi connectivity index (χ3v) is 4.98. The summed E-state index contributed by atoms with van der Waals surface area (Å²) in [6, 6.07) is 8.30. The van der Waals surface area contributed by atoms with Crippen LogP contribution >= 0.6 is 11.3 Å². The molecule has 1 aromatic carbocycles. The van der Waals surface area contributed by atoms with Crippen molar-refractivity contribution in [3.63, 3.8) is 0 Å². The zero-order valence-corrected chi connectivity index (χ0v) is 13.1. The molecule has 1 saturated heterocycles. The van der Waals surface area contributed by atoms with E-state index in [1.54, 1.807) is 11.3 Å². The molecule has 0 saturated carbocycles. The molecule has 1 aliphatic heterocycles. The lowest BCUT2D eigenvalue weighted by Crippen LogP contribution is -2.42. The first kappa shape index (κ1) is 14.5. The number of carbonyl (C=O) groups excluding carboxylic acids is 1. The fraction of sp³-hybridized carbons (Fsp3) is 0.500. The van der Waals surface area contributed by atoms with Crippen molar-refractivity contribution in [2.45, 2.75) is 32.2 Å². The maximum atomic E-state index is 12.2. The number of hydrogen-bond acceptors (Lipinski definition) is 4. The molecule has 1 atom stereocenters. The molecule has 0 radical (unpaired) electrons. The molecule has 0 aliphatic carbocycles. The van der Waals surface area contributed by atoms with Crippen molar-refractivity contribution < 1.29 is 4.79 Å². The summed E-state index contributed by atoms with van der Waals surface area (Å²) in [5.74, 6) is 0.370. The Bertz CT molecular complexity index is 586. The molecule has 1 aromatic heterocycles. The molecule has 21 heavy (non-hydrogen) atoms. The second kappa shape index (κ2) is 6.54. The van der Waals surface area contributed by atoms with Crippen LogP contribution < -0.4 is 10.6 Å². The van der Waals surface area contributed by atoms with Crippen LogP contribution in [0, 0.1) is 5.92 Å². The van der Waals surface area contributed by atoms with Crippen molar-refractivity contribution in [2.24, 2.45) is 5.92 Å². The Morgan fingerprint density at radius 2 is 2.19 bits per heavy atom. The Balaban J connectivity index is 1.57. The second-order valence-electron chi connectivity index (χ2n) is 5.71. The molecule has 1 unspecified atom stereocenters. The van der Waals surface area contributed by atoms with Crippen molar-refractivity contribution in [1.29, 1.82) is 0 Å². The van der Waals surface area contributed by atoms with Gasteiger partial charge in [-0.2, -0.15) is 0 Å². The van der Waals surface area contributed by atoms with Gasteiger partial charge in [0.1, 0.15) is 0 Å². The van der Waals surface area contributed by atoms with Gasteiger partial charge >= 0.3 is 0 Å². The lowest BCUT2D eigenvalue weighted by molar-refractivity contribution is -0.126. The van der Waals surface area contributed by atoms with Crippen LogP contribution in [0.3, 0.4) is 0 Å². The predicted octanol–water partition coefficient (Wildman–Crippen LogP) is 2.34. The molecule has 0 spiro atoms. The maximum Gasteiger partial charge on any atom is 0.223 e. The summed E-state index contributed by atoms with van der Waals surface area (Å²) in [4.78, 5) is 16.8. The third-order valence-electron chi connectivity index (χ3n) is 3.92. The molecule has 5 heteroatoms. The van der Waals surface area contributed by atoms with E-state index in [0.29, 0.717) is 0 Å². The Morgan fingerprint density at radius 3 is 2.95 bits per heavy atom. The first-order valence-electron chi connectivity index (χ1n) is 7.58. The molecule has 2 N–H and O–H groups in total. The van der Waals surface area contributed by atoms with E-state index in [1.165, 1.54) is 4.70 Å².